The SMILES string of the molecule is CCCNC(CCO)CN(C)CC(F)(F)F. The van der Waals surface area contributed by atoms with Crippen molar-refractivity contribution in [3.8, 4) is 0 Å². The summed E-state index contributed by atoms with van der Waals surface area (Å²) >= 11 is 0. The van der Waals surface area contributed by atoms with Crippen molar-refractivity contribution in [1.82, 2.24) is 10.2 Å². The van der Waals surface area contributed by atoms with Gasteiger partial charge in [-0.3, -0.25) is 4.90 Å². The molecule has 0 aliphatic heterocycles. The second-order valence-corrected chi connectivity index (χ2v) is 3.98. The molecule has 0 spiro atoms. The van der Waals surface area contributed by atoms with E-state index in [1.807, 2.05) is 6.92 Å². The number of nitrogens with one attached hydrogen (secondary N) is 1. The highest BCUT2D eigenvalue weighted by molar-refractivity contribution is 4.71. The van der Waals surface area contributed by atoms with E-state index in [0.717, 1.165) is 13.0 Å². The summed E-state index contributed by atoms with van der Waals surface area (Å²) in [5.41, 5.74) is 0. The van der Waals surface area contributed by atoms with Crippen molar-refractivity contribution < 1.29 is 18.3 Å². The van der Waals surface area contributed by atoms with Gasteiger partial charge in [0.25, 0.3) is 0 Å². The minimum Gasteiger partial charge on any atom is -0.396 e. The second kappa shape index (κ2) is 7.86. The summed E-state index contributed by atoms with van der Waals surface area (Å²) in [6, 6.07) is -0.0858. The van der Waals surface area contributed by atoms with E-state index < -0.39 is 12.7 Å². The van der Waals surface area contributed by atoms with E-state index in [0.29, 0.717) is 13.0 Å². The van der Waals surface area contributed by atoms with Gasteiger partial charge < -0.3 is 10.4 Å². The topological polar surface area (TPSA) is 35.5 Å². The third kappa shape index (κ3) is 8.94. The molecule has 0 aliphatic carbocycles. The van der Waals surface area contributed by atoms with Crippen molar-refractivity contribution in [3.63, 3.8) is 0 Å². The molecule has 98 valence electrons. The molecule has 0 fully saturated rings. The predicted octanol–water partition coefficient (Wildman–Crippen LogP) is 1.23. The zero-order valence-corrected chi connectivity index (χ0v) is 9.85. The Kier molecular flexibility index (Phi) is 7.70. The van der Waals surface area contributed by atoms with E-state index in [1.165, 1.54) is 11.9 Å². The summed E-state index contributed by atoms with van der Waals surface area (Å²) in [5.74, 6) is 0. The molecule has 16 heavy (non-hydrogen) atoms. The Morgan fingerprint density at radius 3 is 2.44 bits per heavy atom. The van der Waals surface area contributed by atoms with Crippen molar-refractivity contribution in [2.24, 2.45) is 0 Å². The van der Waals surface area contributed by atoms with Crippen LogP contribution in [0.1, 0.15) is 19.8 Å². The first kappa shape index (κ1) is 15.7. The van der Waals surface area contributed by atoms with Gasteiger partial charge in [0.1, 0.15) is 0 Å². The molecule has 0 heterocycles. The van der Waals surface area contributed by atoms with Gasteiger partial charge in [-0.25, -0.2) is 0 Å². The molecule has 0 aromatic heterocycles. The molecule has 2 N–H and O–H groups in total. The Morgan fingerprint density at radius 2 is 2.00 bits per heavy atom. The summed E-state index contributed by atoms with van der Waals surface area (Å²) in [6.45, 7) is 2.11. The average molecular weight is 242 g/mol. The number of alkyl halides is 3. The average Bonchev–Trinajstić information content (AvgIpc) is 2.11. The fourth-order valence-corrected chi connectivity index (χ4v) is 1.51. The maximum Gasteiger partial charge on any atom is 0.401 e. The smallest absolute Gasteiger partial charge is 0.396 e. The van der Waals surface area contributed by atoms with Crippen LogP contribution < -0.4 is 5.32 Å². The van der Waals surface area contributed by atoms with Crippen molar-refractivity contribution in [2.75, 3.05) is 33.3 Å². The number of aliphatic hydroxyl groups is 1. The van der Waals surface area contributed by atoms with Gasteiger partial charge >= 0.3 is 6.18 Å². The largest absolute Gasteiger partial charge is 0.401 e. The predicted molar refractivity (Wildman–Crippen MR) is 57.3 cm³/mol. The Bertz CT molecular complexity index is 176. The zero-order valence-electron chi connectivity index (χ0n) is 9.85. The van der Waals surface area contributed by atoms with Crippen LogP contribution in [0.25, 0.3) is 0 Å². The summed E-state index contributed by atoms with van der Waals surface area (Å²) in [7, 11) is 1.44. The van der Waals surface area contributed by atoms with Crippen LogP contribution in [-0.4, -0.2) is 55.5 Å². The van der Waals surface area contributed by atoms with Gasteiger partial charge in [-0.2, -0.15) is 13.2 Å². The number of hydrogen-bond acceptors (Lipinski definition) is 3. The maximum absolute atomic E-state index is 12.1. The molecule has 0 aromatic rings. The molecule has 6 heteroatoms. The highest BCUT2D eigenvalue weighted by Gasteiger charge is 2.29. The monoisotopic (exact) mass is 242 g/mol. The fraction of sp³-hybridized carbons (Fsp3) is 1.00. The lowest BCUT2D eigenvalue weighted by atomic mass is 10.2. The van der Waals surface area contributed by atoms with Crippen LogP contribution in [0.3, 0.4) is 0 Å². The summed E-state index contributed by atoms with van der Waals surface area (Å²) in [5, 5.41) is 11.9. The molecule has 0 bridgehead atoms. The number of halogens is 3. The first-order valence-corrected chi connectivity index (χ1v) is 5.48. The molecule has 0 amide bonds. The lowest BCUT2D eigenvalue weighted by molar-refractivity contribution is -0.143. The molecule has 3 nitrogen and oxygen atoms in total. The van der Waals surface area contributed by atoms with Crippen molar-refractivity contribution in [2.45, 2.75) is 32.0 Å². The van der Waals surface area contributed by atoms with Crippen LogP contribution in [0.5, 0.6) is 0 Å². The molecule has 0 aliphatic rings. The van der Waals surface area contributed by atoms with Crippen LogP contribution in [0.2, 0.25) is 0 Å². The van der Waals surface area contributed by atoms with Crippen LogP contribution in [0.4, 0.5) is 13.2 Å². The van der Waals surface area contributed by atoms with E-state index in [4.69, 9.17) is 5.11 Å². The quantitative estimate of drug-likeness (QED) is 0.672. The minimum atomic E-state index is -4.16. The molecule has 1 atom stereocenters. The third-order valence-corrected chi connectivity index (χ3v) is 2.14. The molecular weight excluding hydrogens is 221 g/mol. The van der Waals surface area contributed by atoms with Crippen LogP contribution in [0.15, 0.2) is 0 Å². The van der Waals surface area contributed by atoms with Crippen LogP contribution >= 0.6 is 0 Å². The van der Waals surface area contributed by atoms with Gasteiger partial charge in [-0.15, -0.1) is 0 Å². The third-order valence-electron chi connectivity index (χ3n) is 2.14. The molecule has 0 radical (unpaired) electrons. The normalized spacial score (nSPS) is 14.4. The van der Waals surface area contributed by atoms with Crippen molar-refractivity contribution in [3.05, 3.63) is 0 Å². The fourth-order valence-electron chi connectivity index (χ4n) is 1.51. The highest BCUT2D eigenvalue weighted by Crippen LogP contribution is 2.15. The summed E-state index contributed by atoms with van der Waals surface area (Å²) < 4.78 is 36.2. The van der Waals surface area contributed by atoms with Gasteiger partial charge in [-0.05, 0) is 26.4 Å². The lowest BCUT2D eigenvalue weighted by Crippen LogP contribution is -2.43. The Hall–Kier alpha value is -0.330. The Morgan fingerprint density at radius 1 is 1.38 bits per heavy atom. The lowest BCUT2D eigenvalue weighted by Gasteiger charge is -2.25. The number of likely N-dealkylation sites (N-methyl/N-ethyl adjacent to an activating group) is 1. The summed E-state index contributed by atoms with van der Waals surface area (Å²) in [6.07, 6.45) is -2.77. The molecule has 1 unspecified atom stereocenters. The standard InChI is InChI=1S/C10H21F3N2O/c1-3-5-14-9(4-6-16)7-15(2)8-10(11,12)13/h9,14,16H,3-8H2,1-2H3. The van der Waals surface area contributed by atoms with Crippen molar-refractivity contribution >= 4 is 0 Å². The van der Waals surface area contributed by atoms with Gasteiger partial charge in [0, 0.05) is 19.2 Å². The van der Waals surface area contributed by atoms with E-state index in [9.17, 15) is 13.2 Å². The first-order chi connectivity index (χ1) is 7.39. The number of rotatable bonds is 8. The van der Waals surface area contributed by atoms with Gasteiger partial charge in [0.15, 0.2) is 0 Å². The molecule has 0 rings (SSSR count). The Balaban J connectivity index is 3.96. The minimum absolute atomic E-state index is 0.0127. The zero-order chi connectivity index (χ0) is 12.6. The van der Waals surface area contributed by atoms with Gasteiger partial charge in [-0.1, -0.05) is 6.92 Å². The second-order valence-electron chi connectivity index (χ2n) is 3.98. The number of nitrogens with zero attached hydrogens (tertiary/aromatic N) is 1. The molecule has 0 saturated heterocycles. The number of hydrogen-bond donors (Lipinski definition) is 2. The van der Waals surface area contributed by atoms with E-state index >= 15 is 0 Å². The Labute approximate surface area is 94.6 Å². The van der Waals surface area contributed by atoms with E-state index in [1.54, 1.807) is 0 Å². The highest BCUT2D eigenvalue weighted by atomic mass is 19.4. The number of aliphatic hydroxyl groups excluding tert-OH is 1. The molecule has 0 saturated carbocycles. The summed E-state index contributed by atoms with van der Waals surface area (Å²) in [4.78, 5) is 1.23. The van der Waals surface area contributed by atoms with Crippen LogP contribution in [0, 0.1) is 0 Å². The van der Waals surface area contributed by atoms with E-state index in [2.05, 4.69) is 5.32 Å². The molecular formula is C10H21F3N2O. The molecule has 0 aromatic carbocycles. The maximum atomic E-state index is 12.1. The van der Waals surface area contributed by atoms with Crippen molar-refractivity contribution in [1.29, 1.82) is 0 Å². The van der Waals surface area contributed by atoms with E-state index in [-0.39, 0.29) is 12.6 Å². The van der Waals surface area contributed by atoms with Crippen LogP contribution in [-0.2, 0) is 0 Å². The van der Waals surface area contributed by atoms with Gasteiger partial charge in [0.2, 0.25) is 0 Å². The van der Waals surface area contributed by atoms with Gasteiger partial charge in [0.05, 0.1) is 6.54 Å². The first-order valence-electron chi connectivity index (χ1n) is 5.48.